The maximum absolute atomic E-state index is 13.3. The molecule has 44 heavy (non-hydrogen) atoms. The van der Waals surface area contributed by atoms with Gasteiger partial charge in [0, 0.05) is 36.5 Å². The second-order valence-corrected chi connectivity index (χ2v) is 12.3. The molecule has 5 aromatic rings. The van der Waals surface area contributed by atoms with Crippen molar-refractivity contribution in [1.82, 2.24) is 19.4 Å². The predicted molar refractivity (Wildman–Crippen MR) is 162 cm³/mol. The van der Waals surface area contributed by atoms with Gasteiger partial charge in [0.15, 0.2) is 5.78 Å². The fraction of sp³-hybridized carbons (Fsp3) is 0.333. The number of benzene rings is 2. The highest BCUT2D eigenvalue weighted by molar-refractivity contribution is 6.30. The van der Waals surface area contributed by atoms with E-state index in [1.54, 1.807) is 22.7 Å². The van der Waals surface area contributed by atoms with Crippen LogP contribution < -0.4 is 9.64 Å². The van der Waals surface area contributed by atoms with Crippen molar-refractivity contribution in [2.24, 2.45) is 5.41 Å². The van der Waals surface area contributed by atoms with Gasteiger partial charge in [-0.25, -0.2) is 15.0 Å². The lowest BCUT2D eigenvalue weighted by Gasteiger charge is -2.59. The van der Waals surface area contributed by atoms with Crippen LogP contribution >= 0.6 is 11.6 Å². The first-order valence-electron chi connectivity index (χ1n) is 14.6. The van der Waals surface area contributed by atoms with Crippen molar-refractivity contribution >= 4 is 39.9 Å². The van der Waals surface area contributed by atoms with E-state index in [-0.39, 0.29) is 16.9 Å². The maximum atomic E-state index is 13.3. The number of fused-ring (bicyclic) bond motifs is 2. The minimum Gasteiger partial charge on any atom is -0.406 e. The number of pyridine rings is 1. The van der Waals surface area contributed by atoms with Gasteiger partial charge in [-0.2, -0.15) is 0 Å². The van der Waals surface area contributed by atoms with Crippen LogP contribution in [-0.2, 0) is 12.8 Å². The quantitative estimate of drug-likeness (QED) is 0.167. The molecule has 4 heterocycles. The van der Waals surface area contributed by atoms with Crippen LogP contribution in [0.15, 0.2) is 67.0 Å². The van der Waals surface area contributed by atoms with E-state index in [1.807, 2.05) is 25.1 Å². The molecule has 0 amide bonds. The summed E-state index contributed by atoms with van der Waals surface area (Å²) in [5.41, 5.74) is 4.52. The third-order valence-corrected chi connectivity index (χ3v) is 9.01. The summed E-state index contributed by atoms with van der Waals surface area (Å²) in [6.45, 7) is 3.80. The zero-order chi connectivity index (χ0) is 30.6. The van der Waals surface area contributed by atoms with Crippen LogP contribution in [0.1, 0.15) is 59.4 Å². The predicted octanol–water partition coefficient (Wildman–Crippen LogP) is 7.59. The maximum Gasteiger partial charge on any atom is 0.573 e. The Morgan fingerprint density at radius 2 is 1.84 bits per heavy atom. The average molecular weight is 620 g/mol. The van der Waals surface area contributed by atoms with Gasteiger partial charge >= 0.3 is 6.36 Å². The number of anilines is 1. The number of imidazole rings is 1. The lowest BCUT2D eigenvalue weighted by Crippen LogP contribution is -2.62. The number of halogens is 4. The standard InChI is InChI=1S/C33H29ClF3N5O2/c1-2-26-30(42-17-24(34)16-38-31(42)40-26)28(43)11-4-20-3-10-27-22(13-20)7-12-29(39-27)41-18-32(19-41)14-23(15-32)21-5-8-25(9-6-21)44-33(35,36)37/h3,5-10,12-13,16-17,23H,2,4,11,14-15,18-19H2,1H3. The molecule has 0 atom stereocenters. The normalized spacial score (nSPS) is 16.3. The van der Waals surface area contributed by atoms with Gasteiger partial charge in [0.1, 0.15) is 17.3 Å². The molecular weight excluding hydrogens is 591 g/mol. The van der Waals surface area contributed by atoms with Crippen LogP contribution in [0.25, 0.3) is 16.7 Å². The highest BCUT2D eigenvalue weighted by Gasteiger charge is 2.52. The van der Waals surface area contributed by atoms with Crippen molar-refractivity contribution < 1.29 is 22.7 Å². The van der Waals surface area contributed by atoms with Crippen LogP contribution in [0.4, 0.5) is 19.0 Å². The molecule has 2 aliphatic rings. The van der Waals surface area contributed by atoms with Gasteiger partial charge in [0.25, 0.3) is 0 Å². The molecule has 2 fully saturated rings. The molecule has 7 rings (SSSR count). The number of aryl methyl sites for hydroxylation is 2. The second-order valence-electron chi connectivity index (χ2n) is 11.9. The fourth-order valence-electron chi connectivity index (χ4n) is 6.72. The number of nitrogens with zero attached hydrogens (tertiary/aromatic N) is 5. The van der Waals surface area contributed by atoms with Gasteiger partial charge in [-0.05, 0) is 79.1 Å². The number of hydrogen-bond donors (Lipinski definition) is 0. The molecule has 3 aromatic heterocycles. The number of Topliss-reactive ketones (excluding diaryl/α,β-unsaturated/α-hetero) is 1. The zero-order valence-corrected chi connectivity index (χ0v) is 24.7. The van der Waals surface area contributed by atoms with Crippen LogP contribution in [0.2, 0.25) is 5.02 Å². The monoisotopic (exact) mass is 619 g/mol. The lowest BCUT2D eigenvalue weighted by atomic mass is 9.56. The molecule has 0 radical (unpaired) electrons. The van der Waals surface area contributed by atoms with Crippen LogP contribution in [0.5, 0.6) is 5.75 Å². The minimum absolute atomic E-state index is 0.00409. The van der Waals surface area contributed by atoms with E-state index >= 15 is 0 Å². The van der Waals surface area contributed by atoms with E-state index in [4.69, 9.17) is 16.6 Å². The molecule has 1 saturated carbocycles. The molecule has 226 valence electrons. The number of aromatic nitrogens is 4. The summed E-state index contributed by atoms with van der Waals surface area (Å²) in [6.07, 6.45) is 2.12. The largest absolute Gasteiger partial charge is 0.573 e. The molecular formula is C33H29ClF3N5O2. The van der Waals surface area contributed by atoms with Gasteiger partial charge in [0.2, 0.25) is 5.78 Å². The number of alkyl halides is 3. The Morgan fingerprint density at radius 3 is 2.57 bits per heavy atom. The topological polar surface area (TPSA) is 72.6 Å². The smallest absolute Gasteiger partial charge is 0.406 e. The molecule has 1 saturated heterocycles. The first-order valence-corrected chi connectivity index (χ1v) is 15.0. The third-order valence-electron chi connectivity index (χ3n) is 8.82. The third kappa shape index (κ3) is 5.47. The SMILES string of the molecule is CCc1nc2ncc(Cl)cn2c1C(=O)CCc1ccc2nc(N3CC4(CC(c5ccc(OC(F)(F)F)cc5)C4)C3)ccc2c1. The summed E-state index contributed by atoms with van der Waals surface area (Å²) in [6, 6.07) is 16.5. The molecule has 1 aliphatic carbocycles. The van der Waals surface area contributed by atoms with Crippen molar-refractivity contribution in [1.29, 1.82) is 0 Å². The Morgan fingerprint density at radius 1 is 1.07 bits per heavy atom. The number of hydrogen-bond acceptors (Lipinski definition) is 6. The van der Waals surface area contributed by atoms with E-state index in [2.05, 4.69) is 31.7 Å². The number of rotatable bonds is 8. The summed E-state index contributed by atoms with van der Waals surface area (Å²) in [5.74, 6) is 1.58. The average Bonchev–Trinajstić information content (AvgIpc) is 3.32. The van der Waals surface area contributed by atoms with Crippen molar-refractivity contribution in [2.75, 3.05) is 18.0 Å². The number of ether oxygens (including phenoxy) is 1. The highest BCUT2D eigenvalue weighted by Crippen LogP contribution is 2.56. The molecule has 0 N–H and O–H groups in total. The molecule has 2 aromatic carbocycles. The van der Waals surface area contributed by atoms with E-state index in [1.165, 1.54) is 18.3 Å². The summed E-state index contributed by atoms with van der Waals surface area (Å²) in [5, 5.41) is 1.47. The molecule has 7 nitrogen and oxygen atoms in total. The van der Waals surface area contributed by atoms with Crippen molar-refractivity contribution in [3.8, 4) is 5.75 Å². The van der Waals surface area contributed by atoms with Crippen molar-refractivity contribution in [3.63, 3.8) is 0 Å². The number of carbonyl (C=O) groups excluding carboxylic acids is 1. The van der Waals surface area contributed by atoms with Crippen molar-refractivity contribution in [2.45, 2.75) is 51.3 Å². The van der Waals surface area contributed by atoms with Gasteiger partial charge in [-0.1, -0.05) is 36.7 Å². The summed E-state index contributed by atoms with van der Waals surface area (Å²) < 4.78 is 43.0. The molecule has 1 aliphatic heterocycles. The zero-order valence-electron chi connectivity index (χ0n) is 23.9. The second kappa shape index (κ2) is 10.8. The van der Waals surface area contributed by atoms with Gasteiger partial charge in [-0.15, -0.1) is 13.2 Å². The summed E-state index contributed by atoms with van der Waals surface area (Å²) in [4.78, 5) is 29.2. The van der Waals surface area contributed by atoms with Crippen molar-refractivity contribution in [3.05, 3.63) is 94.5 Å². The number of ketones is 1. The highest BCUT2D eigenvalue weighted by atomic mass is 35.5. The first kappa shape index (κ1) is 28.6. The van der Waals surface area contributed by atoms with E-state index < -0.39 is 6.36 Å². The molecule has 11 heteroatoms. The Bertz CT molecular complexity index is 1880. The Labute approximate surface area is 256 Å². The number of carbonyl (C=O) groups is 1. The fourth-order valence-corrected chi connectivity index (χ4v) is 6.86. The van der Waals surface area contributed by atoms with E-state index in [9.17, 15) is 18.0 Å². The van der Waals surface area contributed by atoms with E-state index in [0.29, 0.717) is 41.7 Å². The minimum atomic E-state index is -4.68. The first-order chi connectivity index (χ1) is 21.1. The van der Waals surface area contributed by atoms with E-state index in [0.717, 1.165) is 59.5 Å². The van der Waals surface area contributed by atoms with Gasteiger partial charge in [-0.3, -0.25) is 9.20 Å². The van der Waals surface area contributed by atoms with Gasteiger partial charge < -0.3 is 9.64 Å². The molecule has 1 spiro atoms. The summed E-state index contributed by atoms with van der Waals surface area (Å²) >= 11 is 6.13. The molecule has 0 bridgehead atoms. The van der Waals surface area contributed by atoms with Crippen LogP contribution in [0.3, 0.4) is 0 Å². The summed E-state index contributed by atoms with van der Waals surface area (Å²) in [7, 11) is 0. The Hall–Kier alpha value is -4.18. The Kier molecular flexibility index (Phi) is 6.99. The van der Waals surface area contributed by atoms with Gasteiger partial charge in [0.05, 0.1) is 22.4 Å². The van der Waals surface area contributed by atoms with Crippen LogP contribution in [-0.4, -0.2) is 44.6 Å². The Balaban J connectivity index is 0.957. The van der Waals surface area contributed by atoms with Crippen LogP contribution in [0, 0.1) is 5.41 Å². The molecule has 0 unspecified atom stereocenters. The lowest BCUT2D eigenvalue weighted by molar-refractivity contribution is -0.274.